The van der Waals surface area contributed by atoms with E-state index in [2.05, 4.69) is 26.2 Å². The number of nitrogens with zero attached hydrogens (tertiary/aromatic N) is 2. The molecule has 0 aliphatic carbocycles. The summed E-state index contributed by atoms with van der Waals surface area (Å²) < 4.78 is 34.6. The lowest BCUT2D eigenvalue weighted by molar-refractivity contribution is -0.140. The molecule has 1 aliphatic heterocycles. The Labute approximate surface area is 140 Å². The van der Waals surface area contributed by atoms with E-state index >= 15 is 0 Å². The molecule has 0 unspecified atom stereocenters. The molecule has 1 saturated heterocycles. The molecule has 1 aromatic heterocycles. The zero-order valence-electron chi connectivity index (χ0n) is 12.5. The van der Waals surface area contributed by atoms with Gasteiger partial charge in [-0.05, 0) is 28.9 Å². The van der Waals surface area contributed by atoms with Gasteiger partial charge in [0.2, 0.25) is 6.23 Å². The molecule has 10 heteroatoms. The third-order valence-corrected chi connectivity index (χ3v) is 4.23. The maximum Gasteiger partial charge on any atom is 0.351 e. The van der Waals surface area contributed by atoms with Gasteiger partial charge in [0.05, 0.1) is 4.47 Å². The number of alkyl halides is 2. The highest BCUT2D eigenvalue weighted by atomic mass is 79.9. The molecule has 1 fully saturated rings. The summed E-state index contributed by atoms with van der Waals surface area (Å²) in [6.45, 7) is 2.70. The van der Waals surface area contributed by atoms with Crippen molar-refractivity contribution < 1.29 is 18.6 Å². The van der Waals surface area contributed by atoms with Gasteiger partial charge in [0.15, 0.2) is 0 Å². The quantitative estimate of drug-likeness (QED) is 0.616. The van der Waals surface area contributed by atoms with Gasteiger partial charge in [-0.2, -0.15) is 13.8 Å². The molecule has 4 N–H and O–H groups in total. The van der Waals surface area contributed by atoms with Crippen LogP contribution in [0.25, 0.3) is 0 Å². The highest BCUT2D eigenvalue weighted by molar-refractivity contribution is 9.10. The molecule has 1 aromatic rings. The summed E-state index contributed by atoms with van der Waals surface area (Å²) in [4.78, 5) is 15.3. The van der Waals surface area contributed by atoms with Crippen molar-refractivity contribution in [2.75, 3.05) is 18.8 Å². The van der Waals surface area contributed by atoms with Crippen molar-refractivity contribution in [3.05, 3.63) is 21.2 Å². The number of hydrogen-bond donors (Lipinski definition) is 3. The lowest BCUT2D eigenvalue weighted by Gasteiger charge is -2.21. The number of aliphatic hydroxyl groups excluding tert-OH is 1. The van der Waals surface area contributed by atoms with Gasteiger partial charge in [-0.15, -0.1) is 0 Å². The van der Waals surface area contributed by atoms with Crippen LogP contribution < -0.4 is 16.7 Å². The minimum Gasteiger partial charge on any atom is -0.384 e. The number of aliphatic hydroxyl groups is 1. The van der Waals surface area contributed by atoms with E-state index in [1.165, 1.54) is 0 Å². The minimum absolute atomic E-state index is 0.0611. The Morgan fingerprint density at radius 1 is 1.61 bits per heavy atom. The van der Waals surface area contributed by atoms with Crippen molar-refractivity contribution in [2.45, 2.75) is 44.1 Å². The molecule has 3 atom stereocenters. The maximum atomic E-state index is 14.3. The summed E-state index contributed by atoms with van der Waals surface area (Å²) in [7, 11) is 0. The summed E-state index contributed by atoms with van der Waals surface area (Å²) in [5.41, 5.74) is 4.48. The molecule has 23 heavy (non-hydrogen) atoms. The first-order chi connectivity index (χ1) is 10.8. The predicted octanol–water partition coefficient (Wildman–Crippen LogP) is 0.871. The Hall–Kier alpha value is -1.10. The molecule has 0 amide bonds. The second-order valence-corrected chi connectivity index (χ2v) is 6.22. The number of nitrogens with two attached hydrogens (primary N) is 1. The molecule has 1 aliphatic rings. The molecule has 7 nitrogen and oxygen atoms in total. The van der Waals surface area contributed by atoms with E-state index in [9.17, 15) is 18.7 Å². The zero-order chi connectivity index (χ0) is 17.2. The highest BCUT2D eigenvalue weighted by Crippen LogP contribution is 2.42. The summed E-state index contributed by atoms with van der Waals surface area (Å²) in [6, 6.07) is 0. The molecular weight excluding hydrogens is 378 g/mol. The van der Waals surface area contributed by atoms with Gasteiger partial charge in [0, 0.05) is 12.7 Å². The van der Waals surface area contributed by atoms with Gasteiger partial charge in [0.25, 0.3) is 0 Å². The van der Waals surface area contributed by atoms with Gasteiger partial charge >= 0.3 is 11.6 Å². The largest absolute Gasteiger partial charge is 0.384 e. The van der Waals surface area contributed by atoms with E-state index in [0.29, 0.717) is 11.1 Å². The fourth-order valence-corrected chi connectivity index (χ4v) is 2.62. The second kappa shape index (κ2) is 7.20. The molecule has 0 spiro atoms. The number of hydrogen-bond acceptors (Lipinski definition) is 6. The van der Waals surface area contributed by atoms with Crippen LogP contribution in [0.5, 0.6) is 0 Å². The van der Waals surface area contributed by atoms with E-state index in [1.54, 1.807) is 0 Å². The Morgan fingerprint density at radius 3 is 2.96 bits per heavy atom. The number of aromatic nitrogens is 2. The van der Waals surface area contributed by atoms with Crippen LogP contribution in [-0.4, -0.2) is 45.9 Å². The predicted molar refractivity (Wildman–Crippen MR) is 83.3 cm³/mol. The molecule has 0 aromatic carbocycles. The van der Waals surface area contributed by atoms with Gasteiger partial charge < -0.3 is 20.9 Å². The van der Waals surface area contributed by atoms with Crippen LogP contribution >= 0.6 is 15.9 Å². The first-order valence-electron chi connectivity index (χ1n) is 7.25. The van der Waals surface area contributed by atoms with Gasteiger partial charge in [-0.3, -0.25) is 4.57 Å². The van der Waals surface area contributed by atoms with E-state index in [0.717, 1.165) is 19.0 Å². The molecule has 0 radical (unpaired) electrons. The number of halogens is 3. The van der Waals surface area contributed by atoms with Crippen LogP contribution in [0.2, 0.25) is 0 Å². The van der Waals surface area contributed by atoms with Gasteiger partial charge in [-0.1, -0.05) is 13.3 Å². The molecular formula is C13H19BrF2N4O3. The average molecular weight is 397 g/mol. The minimum atomic E-state index is -3.63. The Kier molecular flexibility index (Phi) is 5.71. The smallest absolute Gasteiger partial charge is 0.351 e. The highest BCUT2D eigenvalue weighted by Gasteiger charge is 2.59. The van der Waals surface area contributed by atoms with E-state index in [1.807, 2.05) is 6.92 Å². The number of nitrogens with one attached hydrogen (secondary N) is 1. The molecule has 0 bridgehead atoms. The number of nitrogen functional groups attached to an aromatic ring is 1. The van der Waals surface area contributed by atoms with Crippen LogP contribution in [0, 0.1) is 0 Å². The normalized spacial score (nSPS) is 26.6. The summed E-state index contributed by atoms with van der Waals surface area (Å²) in [6.07, 6.45) is -2.16. The van der Waals surface area contributed by atoms with E-state index in [4.69, 9.17) is 10.5 Å². The molecule has 130 valence electrons. The van der Waals surface area contributed by atoms with Crippen molar-refractivity contribution in [3.8, 4) is 0 Å². The first-order valence-corrected chi connectivity index (χ1v) is 8.04. The zero-order valence-corrected chi connectivity index (χ0v) is 14.1. The number of ether oxygens (including phenoxy) is 1. The van der Waals surface area contributed by atoms with Crippen LogP contribution in [0.3, 0.4) is 0 Å². The molecule has 2 heterocycles. The summed E-state index contributed by atoms with van der Waals surface area (Å²) in [5.74, 6) is -3.73. The number of rotatable bonds is 6. The second-order valence-electron chi connectivity index (χ2n) is 5.37. The van der Waals surface area contributed by atoms with Crippen molar-refractivity contribution in [1.29, 1.82) is 0 Å². The first kappa shape index (κ1) is 18.2. The lowest BCUT2D eigenvalue weighted by Crippen LogP contribution is -2.43. The maximum absolute atomic E-state index is 14.3. The van der Waals surface area contributed by atoms with Gasteiger partial charge in [-0.25, -0.2) is 4.79 Å². The fourth-order valence-electron chi connectivity index (χ4n) is 2.31. The van der Waals surface area contributed by atoms with Gasteiger partial charge in [0.1, 0.15) is 18.0 Å². The van der Waals surface area contributed by atoms with E-state index < -0.39 is 30.0 Å². The van der Waals surface area contributed by atoms with Crippen molar-refractivity contribution in [3.63, 3.8) is 0 Å². The standard InChI is InChI=1S/C13H19BrF2N4O3/c1-2-3-4-18-5-8-9(21)13(15,16)11(23-8)20-6-7(14)10(17)19-12(20)22/h6,8-9,11,18,21H,2-5H2,1H3,(H2,17,19,22)/t8-,9-,11-/m1/s1. The van der Waals surface area contributed by atoms with E-state index in [-0.39, 0.29) is 16.8 Å². The number of unbranched alkanes of at least 4 members (excludes halogenated alkanes) is 1. The average Bonchev–Trinajstić information content (AvgIpc) is 2.71. The SMILES string of the molecule is CCCCNC[C@H]1O[C@@H](n2cc(Br)c(N)nc2=O)C(F)(F)[C@@H]1O. The molecule has 2 rings (SSSR count). The summed E-state index contributed by atoms with van der Waals surface area (Å²) >= 11 is 3.03. The van der Waals surface area contributed by atoms with Crippen molar-refractivity contribution in [2.24, 2.45) is 0 Å². The van der Waals surface area contributed by atoms with Crippen LogP contribution in [0.4, 0.5) is 14.6 Å². The fraction of sp³-hybridized carbons (Fsp3) is 0.692. The Morgan fingerprint density at radius 2 is 2.30 bits per heavy atom. The van der Waals surface area contributed by atoms with Crippen LogP contribution in [0.1, 0.15) is 26.0 Å². The summed E-state index contributed by atoms with van der Waals surface area (Å²) in [5, 5.41) is 12.8. The number of anilines is 1. The third-order valence-electron chi connectivity index (χ3n) is 3.62. The topological polar surface area (TPSA) is 102 Å². The Bertz CT molecular complexity index is 613. The lowest BCUT2D eigenvalue weighted by atomic mass is 10.1. The monoisotopic (exact) mass is 396 g/mol. The van der Waals surface area contributed by atoms with Crippen molar-refractivity contribution in [1.82, 2.24) is 14.9 Å². The Balaban J connectivity index is 2.19. The van der Waals surface area contributed by atoms with Crippen LogP contribution in [0.15, 0.2) is 15.5 Å². The van der Waals surface area contributed by atoms with Crippen molar-refractivity contribution >= 4 is 21.7 Å². The molecule has 0 saturated carbocycles. The van der Waals surface area contributed by atoms with Crippen LogP contribution in [-0.2, 0) is 4.74 Å². The third kappa shape index (κ3) is 3.70.